The summed E-state index contributed by atoms with van der Waals surface area (Å²) in [6.07, 6.45) is -2.98. The van der Waals surface area contributed by atoms with Gasteiger partial charge in [-0.3, -0.25) is 0 Å². The van der Waals surface area contributed by atoms with Crippen LogP contribution in [0.5, 0.6) is 0 Å². The molecule has 0 atom stereocenters. The number of hydrogen-bond donors (Lipinski definition) is 0. The Labute approximate surface area is 125 Å². The van der Waals surface area contributed by atoms with E-state index >= 15 is 0 Å². The fourth-order valence-corrected chi connectivity index (χ4v) is 3.06. The van der Waals surface area contributed by atoms with Crippen molar-refractivity contribution >= 4 is 23.1 Å². The topological polar surface area (TPSA) is 51.8 Å². The van der Waals surface area contributed by atoms with Crippen molar-refractivity contribution in [1.29, 1.82) is 0 Å². The lowest BCUT2D eigenvalue weighted by atomic mass is 10.2. The van der Waals surface area contributed by atoms with Gasteiger partial charge in [-0.2, -0.15) is 18.2 Å². The molecule has 2 heterocycles. The van der Waals surface area contributed by atoms with Crippen molar-refractivity contribution in [3.8, 4) is 11.4 Å². The Kier molecular flexibility index (Phi) is 3.68. The maximum Gasteiger partial charge on any atom is 0.471 e. The van der Waals surface area contributed by atoms with Crippen LogP contribution >= 0.6 is 23.1 Å². The summed E-state index contributed by atoms with van der Waals surface area (Å²) in [5, 5.41) is 5.18. The predicted octanol–water partition coefficient (Wildman–Crippen LogP) is 4.16. The van der Waals surface area contributed by atoms with Crippen molar-refractivity contribution in [2.75, 3.05) is 0 Å². The lowest BCUT2D eigenvalue weighted by molar-refractivity contribution is -0.159. The molecule has 0 aliphatic rings. The maximum absolute atomic E-state index is 12.4. The molecule has 9 heteroatoms. The Bertz CT molecular complexity index is 740. The highest BCUT2D eigenvalue weighted by Crippen LogP contribution is 2.32. The summed E-state index contributed by atoms with van der Waals surface area (Å²) in [7, 11) is 0. The minimum absolute atomic E-state index is 0.114. The zero-order chi connectivity index (χ0) is 14.9. The van der Waals surface area contributed by atoms with E-state index in [-0.39, 0.29) is 5.82 Å². The molecule has 0 amide bonds. The van der Waals surface area contributed by atoms with E-state index in [4.69, 9.17) is 0 Å². The van der Waals surface area contributed by atoms with Crippen LogP contribution in [0.3, 0.4) is 0 Å². The monoisotopic (exact) mass is 328 g/mol. The van der Waals surface area contributed by atoms with Gasteiger partial charge in [-0.25, -0.2) is 4.98 Å². The van der Waals surface area contributed by atoms with Gasteiger partial charge in [0.15, 0.2) is 4.34 Å². The van der Waals surface area contributed by atoms with Crippen molar-refractivity contribution in [2.45, 2.75) is 15.4 Å². The average Bonchev–Trinajstić information content (AvgIpc) is 3.09. The third kappa shape index (κ3) is 3.24. The summed E-state index contributed by atoms with van der Waals surface area (Å²) in [6.45, 7) is 0. The van der Waals surface area contributed by atoms with Crippen LogP contribution in [0.25, 0.3) is 11.4 Å². The van der Waals surface area contributed by atoms with Crippen LogP contribution in [0.1, 0.15) is 5.89 Å². The highest BCUT2D eigenvalue weighted by Gasteiger charge is 2.38. The minimum Gasteiger partial charge on any atom is -0.329 e. The van der Waals surface area contributed by atoms with Crippen molar-refractivity contribution in [3.63, 3.8) is 0 Å². The second-order valence-electron chi connectivity index (χ2n) is 3.76. The number of benzene rings is 1. The smallest absolute Gasteiger partial charge is 0.329 e. The van der Waals surface area contributed by atoms with Gasteiger partial charge in [0, 0.05) is 22.0 Å². The van der Waals surface area contributed by atoms with Crippen molar-refractivity contribution in [2.24, 2.45) is 0 Å². The van der Waals surface area contributed by atoms with Crippen LogP contribution in [0.2, 0.25) is 0 Å². The van der Waals surface area contributed by atoms with Gasteiger partial charge in [0.25, 0.3) is 0 Å². The van der Waals surface area contributed by atoms with E-state index in [0.717, 1.165) is 4.34 Å². The van der Waals surface area contributed by atoms with E-state index in [0.29, 0.717) is 10.5 Å². The van der Waals surface area contributed by atoms with E-state index in [1.807, 2.05) is 5.38 Å². The van der Waals surface area contributed by atoms with Gasteiger partial charge in [0.1, 0.15) is 0 Å². The molecular weight excluding hydrogens is 323 g/mol. The van der Waals surface area contributed by atoms with E-state index in [1.54, 1.807) is 24.4 Å². The molecule has 1 radical (unpaired) electrons. The number of aromatic nitrogens is 3. The lowest BCUT2D eigenvalue weighted by Gasteiger charge is -1.99. The molecule has 0 fully saturated rings. The first-order valence-corrected chi connectivity index (χ1v) is 7.22. The number of rotatable bonds is 3. The molecule has 0 unspecified atom stereocenters. The van der Waals surface area contributed by atoms with Crippen LogP contribution in [0, 0.1) is 6.07 Å². The normalized spacial score (nSPS) is 11.8. The lowest BCUT2D eigenvalue weighted by Crippen LogP contribution is -2.04. The number of hydrogen-bond acceptors (Lipinski definition) is 6. The molecule has 21 heavy (non-hydrogen) atoms. The zero-order valence-corrected chi connectivity index (χ0v) is 11.7. The minimum atomic E-state index is -4.65. The first-order chi connectivity index (χ1) is 10.0. The Morgan fingerprint density at radius 1 is 1.33 bits per heavy atom. The van der Waals surface area contributed by atoms with Crippen LogP contribution in [-0.4, -0.2) is 15.1 Å². The molecule has 2 aromatic heterocycles. The SMILES string of the molecule is FC(F)(F)c1nc(-c2cc[c]c(Sc3nccs3)c2)no1. The fourth-order valence-electron chi connectivity index (χ4n) is 1.45. The van der Waals surface area contributed by atoms with Crippen molar-refractivity contribution < 1.29 is 17.7 Å². The third-order valence-corrected chi connectivity index (χ3v) is 4.15. The van der Waals surface area contributed by atoms with Crippen LogP contribution in [0.15, 0.2) is 43.5 Å². The van der Waals surface area contributed by atoms with E-state index < -0.39 is 12.1 Å². The second-order valence-corrected chi connectivity index (χ2v) is 5.95. The van der Waals surface area contributed by atoms with Gasteiger partial charge < -0.3 is 4.52 Å². The summed E-state index contributed by atoms with van der Waals surface area (Å²) in [4.78, 5) is 8.17. The first kappa shape index (κ1) is 14.1. The number of nitrogens with zero attached hydrogens (tertiary/aromatic N) is 3. The zero-order valence-electron chi connectivity index (χ0n) is 10.1. The van der Waals surface area contributed by atoms with E-state index in [9.17, 15) is 13.2 Å². The van der Waals surface area contributed by atoms with E-state index in [1.165, 1.54) is 23.1 Å². The Morgan fingerprint density at radius 3 is 2.86 bits per heavy atom. The molecule has 3 aromatic rings. The summed E-state index contributed by atoms with van der Waals surface area (Å²) >= 11 is 2.82. The van der Waals surface area contributed by atoms with Crippen LogP contribution in [0.4, 0.5) is 13.2 Å². The summed E-state index contributed by atoms with van der Waals surface area (Å²) in [5.41, 5.74) is 0.423. The Hall–Kier alpha value is -1.87. The summed E-state index contributed by atoms with van der Waals surface area (Å²) in [6, 6.07) is 7.77. The molecule has 1 aromatic carbocycles. The Morgan fingerprint density at radius 2 is 2.19 bits per heavy atom. The number of alkyl halides is 3. The highest BCUT2D eigenvalue weighted by molar-refractivity contribution is 8.01. The molecule has 0 aliphatic carbocycles. The quantitative estimate of drug-likeness (QED) is 0.722. The molecule has 0 spiro atoms. The maximum atomic E-state index is 12.4. The molecule has 0 aliphatic heterocycles. The fraction of sp³-hybridized carbons (Fsp3) is 0.0833. The van der Waals surface area contributed by atoms with Gasteiger partial charge in [-0.05, 0) is 12.1 Å². The predicted molar refractivity (Wildman–Crippen MR) is 69.8 cm³/mol. The van der Waals surface area contributed by atoms with Gasteiger partial charge in [0.2, 0.25) is 5.82 Å². The summed E-state index contributed by atoms with van der Waals surface area (Å²) < 4.78 is 42.3. The molecule has 107 valence electrons. The largest absolute Gasteiger partial charge is 0.471 e. The highest BCUT2D eigenvalue weighted by atomic mass is 32.2. The van der Waals surface area contributed by atoms with Gasteiger partial charge >= 0.3 is 12.1 Å². The molecule has 0 saturated carbocycles. The third-order valence-electron chi connectivity index (χ3n) is 2.31. The second kappa shape index (κ2) is 5.49. The van der Waals surface area contributed by atoms with Crippen molar-refractivity contribution in [1.82, 2.24) is 15.1 Å². The van der Waals surface area contributed by atoms with Gasteiger partial charge in [-0.15, -0.1) is 11.3 Å². The van der Waals surface area contributed by atoms with Gasteiger partial charge in [-0.1, -0.05) is 29.1 Å². The molecule has 3 rings (SSSR count). The van der Waals surface area contributed by atoms with Gasteiger partial charge in [0.05, 0.1) is 0 Å². The molecular formula is C12H5F3N3OS2. The number of thiazole rings is 1. The first-order valence-electron chi connectivity index (χ1n) is 5.53. The number of halogens is 3. The van der Waals surface area contributed by atoms with Crippen molar-refractivity contribution in [3.05, 3.63) is 41.7 Å². The van der Waals surface area contributed by atoms with E-state index in [2.05, 4.69) is 25.7 Å². The molecule has 0 saturated heterocycles. The van der Waals surface area contributed by atoms with Crippen LogP contribution in [-0.2, 0) is 6.18 Å². The van der Waals surface area contributed by atoms with Crippen LogP contribution < -0.4 is 0 Å². The molecule has 4 nitrogen and oxygen atoms in total. The molecule has 0 bridgehead atoms. The average molecular weight is 328 g/mol. The summed E-state index contributed by atoms with van der Waals surface area (Å²) in [5.74, 6) is -1.48. The Balaban J connectivity index is 1.87. The molecule has 0 N–H and O–H groups in total. The standard InChI is InChI=1S/C12H5F3N3OS2/c13-12(14,15)10-17-9(18-19-10)7-2-1-3-8(6-7)21-11-16-4-5-20-11/h1-2,4-6H.